The highest BCUT2D eigenvalue weighted by Gasteiger charge is 2.22. The molecule has 0 bridgehead atoms. The first kappa shape index (κ1) is 14.3. The molecule has 0 aromatic carbocycles. The first-order chi connectivity index (χ1) is 9.22. The van der Waals surface area contributed by atoms with E-state index < -0.39 is 0 Å². The van der Waals surface area contributed by atoms with E-state index in [0.717, 1.165) is 24.3 Å². The maximum absolute atomic E-state index is 4.27. The Bertz CT molecular complexity index is 383. The van der Waals surface area contributed by atoms with Crippen LogP contribution in [0.1, 0.15) is 44.6 Å². The van der Waals surface area contributed by atoms with Crippen molar-refractivity contribution in [3.05, 3.63) is 23.9 Å². The fourth-order valence-corrected chi connectivity index (χ4v) is 3.12. The zero-order chi connectivity index (χ0) is 13.7. The number of rotatable bonds is 5. The summed E-state index contributed by atoms with van der Waals surface area (Å²) in [7, 11) is 4.18. The lowest BCUT2D eigenvalue weighted by Gasteiger charge is -2.34. The monoisotopic (exact) mass is 261 g/mol. The lowest BCUT2D eigenvalue weighted by molar-refractivity contribution is 0.157. The van der Waals surface area contributed by atoms with Crippen LogP contribution in [-0.2, 0) is 6.54 Å². The fraction of sp³-hybridized carbons (Fsp3) is 0.688. The van der Waals surface area contributed by atoms with Crippen molar-refractivity contribution in [2.45, 2.75) is 51.6 Å². The number of aromatic nitrogens is 1. The largest absolute Gasteiger partial charge is 0.373 e. The first-order valence-electron chi connectivity index (χ1n) is 7.55. The molecule has 106 valence electrons. The summed E-state index contributed by atoms with van der Waals surface area (Å²) in [6.45, 7) is 3.35. The van der Waals surface area contributed by atoms with E-state index in [1.54, 1.807) is 0 Å². The van der Waals surface area contributed by atoms with Crippen molar-refractivity contribution in [2.24, 2.45) is 5.92 Å². The third kappa shape index (κ3) is 3.93. The summed E-state index contributed by atoms with van der Waals surface area (Å²) in [6.07, 6.45) is 8.78. The fourth-order valence-electron chi connectivity index (χ4n) is 3.12. The lowest BCUT2D eigenvalue weighted by Crippen LogP contribution is -2.34. The van der Waals surface area contributed by atoms with Crippen LogP contribution >= 0.6 is 0 Å². The van der Waals surface area contributed by atoms with Crippen LogP contribution in [0.25, 0.3) is 0 Å². The second-order valence-electron chi connectivity index (χ2n) is 5.80. The van der Waals surface area contributed by atoms with Crippen LogP contribution in [0.15, 0.2) is 18.3 Å². The van der Waals surface area contributed by atoms with E-state index in [2.05, 4.69) is 41.3 Å². The molecule has 1 aromatic rings. The van der Waals surface area contributed by atoms with E-state index in [1.807, 2.05) is 13.2 Å². The highest BCUT2D eigenvalue weighted by atomic mass is 15.1. The number of nitrogens with zero attached hydrogens (tertiary/aromatic N) is 2. The molecule has 1 aromatic heterocycles. The van der Waals surface area contributed by atoms with Gasteiger partial charge < -0.3 is 5.32 Å². The molecule has 2 rings (SSSR count). The molecule has 1 heterocycles. The molecule has 1 aliphatic carbocycles. The van der Waals surface area contributed by atoms with Crippen LogP contribution in [0, 0.1) is 5.92 Å². The van der Waals surface area contributed by atoms with Gasteiger partial charge in [-0.1, -0.05) is 13.3 Å². The number of pyridine rings is 1. The van der Waals surface area contributed by atoms with E-state index >= 15 is 0 Å². The number of hydrogen-bond donors (Lipinski definition) is 1. The Morgan fingerprint density at radius 3 is 2.68 bits per heavy atom. The van der Waals surface area contributed by atoms with Crippen LogP contribution in [-0.4, -0.2) is 30.0 Å². The standard InChI is InChI=1S/C16H27N3/c1-4-13-5-7-15(8-6-13)19(3)12-14-9-10-18-16(11-14)17-2/h9-11,13,15H,4-8,12H2,1-3H3,(H,17,18). The summed E-state index contributed by atoms with van der Waals surface area (Å²) in [5, 5.41) is 3.10. The van der Waals surface area contributed by atoms with Gasteiger partial charge in [0.25, 0.3) is 0 Å². The molecule has 19 heavy (non-hydrogen) atoms. The van der Waals surface area contributed by atoms with Gasteiger partial charge >= 0.3 is 0 Å². The van der Waals surface area contributed by atoms with Gasteiger partial charge in [-0.3, -0.25) is 4.90 Å². The van der Waals surface area contributed by atoms with Crippen molar-refractivity contribution >= 4 is 5.82 Å². The van der Waals surface area contributed by atoms with Crippen molar-refractivity contribution in [3.63, 3.8) is 0 Å². The number of hydrogen-bond acceptors (Lipinski definition) is 3. The summed E-state index contributed by atoms with van der Waals surface area (Å²) < 4.78 is 0. The van der Waals surface area contributed by atoms with Crippen molar-refractivity contribution in [1.82, 2.24) is 9.88 Å². The maximum Gasteiger partial charge on any atom is 0.125 e. The molecule has 0 saturated heterocycles. The predicted octanol–water partition coefficient (Wildman–Crippen LogP) is 3.52. The quantitative estimate of drug-likeness (QED) is 0.879. The van der Waals surface area contributed by atoms with Gasteiger partial charge in [-0.2, -0.15) is 0 Å². The van der Waals surface area contributed by atoms with Crippen LogP contribution in [0.2, 0.25) is 0 Å². The Morgan fingerprint density at radius 1 is 1.32 bits per heavy atom. The highest BCUT2D eigenvalue weighted by molar-refractivity contribution is 5.36. The summed E-state index contributed by atoms with van der Waals surface area (Å²) >= 11 is 0. The summed E-state index contributed by atoms with van der Waals surface area (Å²) in [4.78, 5) is 6.78. The molecular weight excluding hydrogens is 234 g/mol. The lowest BCUT2D eigenvalue weighted by atomic mass is 9.84. The van der Waals surface area contributed by atoms with Crippen LogP contribution in [0.5, 0.6) is 0 Å². The molecule has 1 aliphatic rings. The van der Waals surface area contributed by atoms with E-state index in [4.69, 9.17) is 0 Å². The molecule has 1 N–H and O–H groups in total. The van der Waals surface area contributed by atoms with Gasteiger partial charge in [0.15, 0.2) is 0 Å². The average Bonchev–Trinajstić information content (AvgIpc) is 2.47. The first-order valence-corrected chi connectivity index (χ1v) is 7.55. The molecule has 0 amide bonds. The predicted molar refractivity (Wildman–Crippen MR) is 81.3 cm³/mol. The van der Waals surface area contributed by atoms with Crippen LogP contribution in [0.4, 0.5) is 5.82 Å². The van der Waals surface area contributed by atoms with E-state index in [1.165, 1.54) is 37.7 Å². The minimum atomic E-state index is 0.758. The van der Waals surface area contributed by atoms with Gasteiger partial charge in [-0.05, 0) is 56.3 Å². The van der Waals surface area contributed by atoms with E-state index in [0.29, 0.717) is 0 Å². The molecular formula is C16H27N3. The topological polar surface area (TPSA) is 28.2 Å². The van der Waals surface area contributed by atoms with Gasteiger partial charge in [-0.15, -0.1) is 0 Å². The molecule has 3 nitrogen and oxygen atoms in total. The third-order valence-electron chi connectivity index (χ3n) is 4.53. The molecule has 0 atom stereocenters. The molecule has 1 saturated carbocycles. The Morgan fingerprint density at radius 2 is 2.05 bits per heavy atom. The Labute approximate surface area is 117 Å². The number of nitrogens with one attached hydrogen (secondary N) is 1. The zero-order valence-electron chi connectivity index (χ0n) is 12.5. The van der Waals surface area contributed by atoms with Crippen LogP contribution < -0.4 is 5.32 Å². The molecule has 1 fully saturated rings. The van der Waals surface area contributed by atoms with Gasteiger partial charge in [0.05, 0.1) is 0 Å². The van der Waals surface area contributed by atoms with Gasteiger partial charge in [0.1, 0.15) is 5.82 Å². The number of anilines is 1. The van der Waals surface area contributed by atoms with Crippen LogP contribution in [0.3, 0.4) is 0 Å². The average molecular weight is 261 g/mol. The smallest absolute Gasteiger partial charge is 0.125 e. The molecule has 0 unspecified atom stereocenters. The Balaban J connectivity index is 1.88. The van der Waals surface area contributed by atoms with Crippen molar-refractivity contribution < 1.29 is 0 Å². The van der Waals surface area contributed by atoms with Gasteiger partial charge in [0.2, 0.25) is 0 Å². The normalized spacial score (nSPS) is 23.6. The summed E-state index contributed by atoms with van der Waals surface area (Å²) in [5.41, 5.74) is 1.35. The van der Waals surface area contributed by atoms with E-state index in [9.17, 15) is 0 Å². The van der Waals surface area contributed by atoms with Crippen molar-refractivity contribution in [1.29, 1.82) is 0 Å². The molecule has 0 radical (unpaired) electrons. The second-order valence-corrected chi connectivity index (χ2v) is 5.80. The summed E-state index contributed by atoms with van der Waals surface area (Å²) in [5.74, 6) is 1.93. The zero-order valence-corrected chi connectivity index (χ0v) is 12.5. The second kappa shape index (κ2) is 6.90. The molecule has 0 aliphatic heterocycles. The minimum Gasteiger partial charge on any atom is -0.373 e. The summed E-state index contributed by atoms with van der Waals surface area (Å²) in [6, 6.07) is 5.03. The minimum absolute atomic E-state index is 0.758. The van der Waals surface area contributed by atoms with Crippen molar-refractivity contribution in [2.75, 3.05) is 19.4 Å². The Kier molecular flexibility index (Phi) is 5.20. The molecule has 3 heteroatoms. The van der Waals surface area contributed by atoms with Gasteiger partial charge in [-0.25, -0.2) is 4.98 Å². The van der Waals surface area contributed by atoms with Gasteiger partial charge in [0, 0.05) is 25.8 Å². The highest BCUT2D eigenvalue weighted by Crippen LogP contribution is 2.29. The SMILES string of the molecule is CCC1CCC(N(C)Cc2ccnc(NC)c2)CC1. The molecule has 0 spiro atoms. The maximum atomic E-state index is 4.27. The van der Waals surface area contributed by atoms with E-state index in [-0.39, 0.29) is 0 Å². The third-order valence-corrected chi connectivity index (χ3v) is 4.53. The Hall–Kier alpha value is -1.09. The van der Waals surface area contributed by atoms with Crippen molar-refractivity contribution in [3.8, 4) is 0 Å².